The van der Waals surface area contributed by atoms with Gasteiger partial charge in [-0.2, -0.15) is 5.26 Å². The Kier molecular flexibility index (Phi) is 5.46. The molecule has 0 atom stereocenters. The van der Waals surface area contributed by atoms with Gasteiger partial charge in [0.15, 0.2) is 0 Å². The van der Waals surface area contributed by atoms with Crippen LogP contribution in [0.1, 0.15) is 26.3 Å². The molecule has 0 bridgehead atoms. The molecule has 0 saturated carbocycles. The number of amides is 2. The van der Waals surface area contributed by atoms with Crippen molar-refractivity contribution in [2.75, 3.05) is 31.1 Å². The number of primary amides is 1. The van der Waals surface area contributed by atoms with Crippen LogP contribution in [0.25, 0.3) is 17.1 Å². The lowest BCUT2D eigenvalue weighted by Crippen LogP contribution is -2.50. The number of H-pyrrole nitrogens is 1. The molecule has 1 aliphatic rings. The van der Waals surface area contributed by atoms with Crippen LogP contribution in [0.5, 0.6) is 0 Å². The number of rotatable bonds is 3. The topological polar surface area (TPSA) is 128 Å². The van der Waals surface area contributed by atoms with Gasteiger partial charge < -0.3 is 25.3 Å². The minimum Gasteiger partial charge on any atom is -0.444 e. The summed E-state index contributed by atoms with van der Waals surface area (Å²) in [5.74, 6) is -0.774. The molecular formula is C20H24N6O3. The molecule has 3 rings (SSSR count). The number of hydrogen-bond acceptors (Lipinski definition) is 6. The van der Waals surface area contributed by atoms with E-state index < -0.39 is 11.5 Å². The Morgan fingerprint density at radius 3 is 2.59 bits per heavy atom. The fourth-order valence-corrected chi connectivity index (χ4v) is 3.09. The maximum absolute atomic E-state index is 12.2. The molecule has 0 unspecified atom stereocenters. The number of ether oxygens (including phenoxy) is 1. The Labute approximate surface area is 168 Å². The second-order valence-corrected chi connectivity index (χ2v) is 7.82. The maximum atomic E-state index is 12.2. The van der Waals surface area contributed by atoms with Crippen LogP contribution in [0.2, 0.25) is 0 Å². The number of carbonyl (C=O) groups is 2. The van der Waals surface area contributed by atoms with Gasteiger partial charge in [0.05, 0.1) is 11.9 Å². The van der Waals surface area contributed by atoms with Crippen molar-refractivity contribution < 1.29 is 14.3 Å². The van der Waals surface area contributed by atoms with E-state index >= 15 is 0 Å². The average molecular weight is 396 g/mol. The SMILES string of the molecule is CC(C)(C)OC(=O)N1CCN(c2cnc3[nH]cc(/C=C(/C#N)C(N)=O)c3c2)CC1. The number of nitrogens with one attached hydrogen (secondary N) is 1. The lowest BCUT2D eigenvalue weighted by Gasteiger charge is -2.36. The van der Waals surface area contributed by atoms with Gasteiger partial charge in [-0.1, -0.05) is 0 Å². The van der Waals surface area contributed by atoms with Gasteiger partial charge in [-0.3, -0.25) is 4.79 Å². The number of hydrogen-bond donors (Lipinski definition) is 2. The highest BCUT2D eigenvalue weighted by Gasteiger charge is 2.26. The van der Waals surface area contributed by atoms with Gasteiger partial charge in [0, 0.05) is 43.3 Å². The van der Waals surface area contributed by atoms with E-state index in [1.54, 1.807) is 23.4 Å². The summed E-state index contributed by atoms with van der Waals surface area (Å²) in [4.78, 5) is 34.8. The van der Waals surface area contributed by atoms with Crippen LogP contribution in [0.15, 0.2) is 24.0 Å². The summed E-state index contributed by atoms with van der Waals surface area (Å²) in [6.07, 6.45) is 4.59. The van der Waals surface area contributed by atoms with E-state index in [-0.39, 0.29) is 11.7 Å². The number of anilines is 1. The van der Waals surface area contributed by atoms with Gasteiger partial charge >= 0.3 is 6.09 Å². The van der Waals surface area contributed by atoms with E-state index in [4.69, 9.17) is 15.7 Å². The van der Waals surface area contributed by atoms with Crippen LogP contribution in [-0.2, 0) is 9.53 Å². The van der Waals surface area contributed by atoms with Gasteiger partial charge in [-0.25, -0.2) is 9.78 Å². The molecule has 9 heteroatoms. The largest absolute Gasteiger partial charge is 0.444 e. The van der Waals surface area contributed by atoms with Crippen LogP contribution in [0.4, 0.5) is 10.5 Å². The van der Waals surface area contributed by atoms with Crippen molar-refractivity contribution in [1.82, 2.24) is 14.9 Å². The summed E-state index contributed by atoms with van der Waals surface area (Å²) in [5, 5.41) is 9.85. The highest BCUT2D eigenvalue weighted by Crippen LogP contribution is 2.25. The predicted octanol–water partition coefficient (Wildman–Crippen LogP) is 2.01. The Hall–Kier alpha value is -3.54. The zero-order valence-electron chi connectivity index (χ0n) is 16.7. The molecule has 0 aromatic carbocycles. The van der Waals surface area contributed by atoms with Crippen molar-refractivity contribution in [2.45, 2.75) is 26.4 Å². The van der Waals surface area contributed by atoms with Crippen molar-refractivity contribution in [2.24, 2.45) is 5.73 Å². The van der Waals surface area contributed by atoms with Crippen molar-refractivity contribution in [1.29, 1.82) is 5.26 Å². The fraction of sp³-hybridized carbons (Fsp3) is 0.400. The highest BCUT2D eigenvalue weighted by atomic mass is 16.6. The number of fused-ring (bicyclic) bond motifs is 1. The van der Waals surface area contributed by atoms with E-state index in [0.29, 0.717) is 37.4 Å². The number of carbonyl (C=O) groups excluding carboxylic acids is 2. The summed E-state index contributed by atoms with van der Waals surface area (Å²) in [6.45, 7) is 7.93. The first-order valence-electron chi connectivity index (χ1n) is 9.29. The van der Waals surface area contributed by atoms with Gasteiger partial charge in [-0.05, 0) is 32.9 Å². The zero-order chi connectivity index (χ0) is 21.2. The molecule has 1 saturated heterocycles. The quantitative estimate of drug-likeness (QED) is 0.603. The monoisotopic (exact) mass is 396 g/mol. The van der Waals surface area contributed by atoms with Crippen LogP contribution in [0, 0.1) is 11.3 Å². The van der Waals surface area contributed by atoms with E-state index in [9.17, 15) is 9.59 Å². The van der Waals surface area contributed by atoms with E-state index in [1.807, 2.05) is 26.8 Å². The molecular weight excluding hydrogens is 372 g/mol. The molecule has 0 aliphatic carbocycles. The average Bonchev–Trinajstić information content (AvgIpc) is 3.06. The zero-order valence-corrected chi connectivity index (χ0v) is 16.7. The van der Waals surface area contributed by atoms with Crippen LogP contribution in [-0.4, -0.2) is 58.6 Å². The third-order valence-corrected chi connectivity index (χ3v) is 4.53. The predicted molar refractivity (Wildman–Crippen MR) is 109 cm³/mol. The lowest BCUT2D eigenvalue weighted by atomic mass is 10.1. The Balaban J connectivity index is 1.77. The summed E-state index contributed by atoms with van der Waals surface area (Å²) < 4.78 is 5.43. The number of nitriles is 1. The van der Waals surface area contributed by atoms with Gasteiger partial charge in [0.1, 0.15) is 22.9 Å². The van der Waals surface area contributed by atoms with Crippen LogP contribution in [0.3, 0.4) is 0 Å². The summed E-state index contributed by atoms with van der Waals surface area (Å²) >= 11 is 0. The number of pyridine rings is 1. The molecule has 2 amide bonds. The maximum Gasteiger partial charge on any atom is 0.410 e. The van der Waals surface area contributed by atoms with Crippen molar-refractivity contribution in [3.63, 3.8) is 0 Å². The summed E-state index contributed by atoms with van der Waals surface area (Å²) in [5.41, 5.74) is 6.79. The molecule has 0 spiro atoms. The standard InChI is InChI=1S/C20H24N6O3/c1-20(2,3)29-19(28)26-6-4-25(5-7-26)15-9-16-14(8-13(10-21)17(22)27)11-23-18(16)24-12-15/h8-9,11-12H,4-7H2,1-3H3,(H2,22,27)(H,23,24)/b13-8-. The fourth-order valence-electron chi connectivity index (χ4n) is 3.09. The minimum atomic E-state index is -0.774. The first kappa shape index (κ1) is 20.2. The lowest BCUT2D eigenvalue weighted by molar-refractivity contribution is -0.114. The highest BCUT2D eigenvalue weighted by molar-refractivity contribution is 6.03. The van der Waals surface area contributed by atoms with Crippen LogP contribution >= 0.6 is 0 Å². The molecule has 2 aromatic heterocycles. The smallest absolute Gasteiger partial charge is 0.410 e. The Bertz CT molecular complexity index is 1000. The molecule has 3 N–H and O–H groups in total. The van der Waals surface area contributed by atoms with E-state index in [1.165, 1.54) is 6.08 Å². The second-order valence-electron chi connectivity index (χ2n) is 7.82. The number of nitrogens with two attached hydrogens (primary N) is 1. The number of nitrogens with zero attached hydrogens (tertiary/aromatic N) is 4. The van der Waals surface area contributed by atoms with Crippen molar-refractivity contribution >= 4 is 34.8 Å². The summed E-state index contributed by atoms with van der Waals surface area (Å²) in [6, 6.07) is 3.75. The molecule has 1 aliphatic heterocycles. The number of aromatic nitrogens is 2. The first-order chi connectivity index (χ1) is 13.7. The molecule has 29 heavy (non-hydrogen) atoms. The van der Waals surface area contributed by atoms with E-state index in [0.717, 1.165) is 11.1 Å². The molecule has 152 valence electrons. The number of aromatic amines is 1. The molecule has 3 heterocycles. The van der Waals surface area contributed by atoms with Crippen molar-refractivity contribution in [3.8, 4) is 6.07 Å². The van der Waals surface area contributed by atoms with Gasteiger partial charge in [0.2, 0.25) is 0 Å². The summed E-state index contributed by atoms with van der Waals surface area (Å²) in [7, 11) is 0. The normalized spacial score (nSPS) is 15.3. The molecule has 0 radical (unpaired) electrons. The molecule has 9 nitrogen and oxygen atoms in total. The van der Waals surface area contributed by atoms with Crippen LogP contribution < -0.4 is 10.6 Å². The Morgan fingerprint density at radius 1 is 1.31 bits per heavy atom. The van der Waals surface area contributed by atoms with E-state index in [2.05, 4.69) is 14.9 Å². The first-order valence-corrected chi connectivity index (χ1v) is 9.29. The third kappa shape index (κ3) is 4.66. The molecule has 2 aromatic rings. The van der Waals surface area contributed by atoms with Crippen molar-refractivity contribution in [3.05, 3.63) is 29.6 Å². The number of piperazine rings is 1. The minimum absolute atomic E-state index is 0.123. The molecule has 1 fully saturated rings. The van der Waals surface area contributed by atoms with Gasteiger partial charge in [-0.15, -0.1) is 0 Å². The third-order valence-electron chi connectivity index (χ3n) is 4.53. The Morgan fingerprint density at radius 2 is 2.00 bits per heavy atom. The second kappa shape index (κ2) is 7.83. The van der Waals surface area contributed by atoms with Gasteiger partial charge in [0.25, 0.3) is 5.91 Å².